The molecular formula is C35H46N2O3PPdS+. The maximum absolute atomic E-state index is 9.19. The van der Waals surface area contributed by atoms with Crippen molar-refractivity contribution in [1.82, 2.24) is 0 Å². The van der Waals surface area contributed by atoms with E-state index in [0.29, 0.717) is 22.3 Å². The molecule has 0 spiro atoms. The van der Waals surface area contributed by atoms with E-state index >= 15 is 0 Å². The van der Waals surface area contributed by atoms with E-state index in [1.807, 2.05) is 42.5 Å². The molecule has 0 radical (unpaired) electrons. The normalized spacial score (nSPS) is 11.3. The Morgan fingerprint density at radius 1 is 0.721 bits per heavy atom. The van der Waals surface area contributed by atoms with Crippen LogP contribution >= 0.6 is 7.92 Å². The van der Waals surface area contributed by atoms with Gasteiger partial charge in [0, 0.05) is 38.8 Å². The van der Waals surface area contributed by atoms with Crippen molar-refractivity contribution < 1.29 is 33.4 Å². The maximum atomic E-state index is 9.19. The summed E-state index contributed by atoms with van der Waals surface area (Å²) < 4.78 is 25.9. The van der Waals surface area contributed by atoms with Crippen LogP contribution in [-0.2, 0) is 30.5 Å². The predicted octanol–water partition coefficient (Wildman–Crippen LogP) is 9.20. The monoisotopic (exact) mass is 711 g/mol. The quantitative estimate of drug-likeness (QED) is 0.0991. The Hall–Kier alpha value is -2.52. The first-order chi connectivity index (χ1) is 19.4. The third kappa shape index (κ3) is 12.5. The summed E-state index contributed by atoms with van der Waals surface area (Å²) >= 11 is 0. The number of benzene rings is 4. The van der Waals surface area contributed by atoms with Crippen molar-refractivity contribution in [2.75, 3.05) is 25.3 Å². The Morgan fingerprint density at radius 3 is 1.63 bits per heavy atom. The van der Waals surface area contributed by atoms with Gasteiger partial charge in [-0.05, 0) is 53.7 Å². The zero-order valence-corrected chi connectivity index (χ0v) is 30.0. The molecule has 0 aliphatic rings. The van der Waals surface area contributed by atoms with Crippen LogP contribution in [0.25, 0.3) is 28.0 Å². The number of nitrogens with zero attached hydrogens (tertiary/aromatic N) is 1. The van der Waals surface area contributed by atoms with Crippen molar-refractivity contribution in [3.8, 4) is 22.3 Å². The van der Waals surface area contributed by atoms with Crippen LogP contribution in [0, 0.1) is 6.07 Å². The predicted molar refractivity (Wildman–Crippen MR) is 186 cm³/mol. The molecule has 2 N–H and O–H groups in total. The average Bonchev–Trinajstić information content (AvgIpc) is 2.88. The van der Waals surface area contributed by atoms with Gasteiger partial charge in [0.25, 0.3) is 10.1 Å². The Labute approximate surface area is 275 Å². The summed E-state index contributed by atoms with van der Waals surface area (Å²) in [6, 6.07) is 36.2. The van der Waals surface area contributed by atoms with Crippen LogP contribution < -0.4 is 10.2 Å². The molecule has 0 aliphatic heterocycles. The van der Waals surface area contributed by atoms with E-state index in [2.05, 4.69) is 115 Å². The van der Waals surface area contributed by atoms with Crippen molar-refractivity contribution in [2.45, 2.75) is 51.9 Å². The molecule has 0 fully saturated rings. The van der Waals surface area contributed by atoms with Gasteiger partial charge in [0.15, 0.2) is 0 Å². The van der Waals surface area contributed by atoms with Crippen LogP contribution in [0.3, 0.4) is 0 Å². The standard InChI is InChI=1S/C22H32NP.C12H9N.CH4O3S.Pd/c1-21(2,3)24(22(4,5)6)20-16-12-10-14-18(20)17-13-9-11-15-19(17)23(7)8;13-12-9-5-4-8-11(12)10-6-2-1-3-7-10;1-5(2,3)4;/h9-16H,1-8H3;1-6,8-9,13H;1H3,(H,2,3,4);/q;-2;;+2/p+1. The van der Waals surface area contributed by atoms with Gasteiger partial charge in [0.1, 0.15) is 5.30 Å². The van der Waals surface area contributed by atoms with Gasteiger partial charge < -0.3 is 10.6 Å². The molecule has 5 nitrogen and oxygen atoms in total. The SMILES string of the molecule is CN(C)c1ccccc1-c1ccccc1[PH+](C(C)(C)C)C(C)(C)C.CS(=O)(=O)O.[NH-]c1ccccc1-c1[c-]cccc1.[Pd+2]. The molecule has 0 aromatic heterocycles. The van der Waals surface area contributed by atoms with Gasteiger partial charge in [-0.2, -0.15) is 14.1 Å². The summed E-state index contributed by atoms with van der Waals surface area (Å²) in [5.74, 6) is 0. The summed E-state index contributed by atoms with van der Waals surface area (Å²) in [6.45, 7) is 14.4. The molecule has 43 heavy (non-hydrogen) atoms. The van der Waals surface area contributed by atoms with Gasteiger partial charge in [-0.3, -0.25) is 4.55 Å². The van der Waals surface area contributed by atoms with E-state index in [-0.39, 0.29) is 20.4 Å². The Kier molecular flexibility index (Phi) is 14.8. The summed E-state index contributed by atoms with van der Waals surface area (Å²) in [5, 5.41) is 2.15. The van der Waals surface area contributed by atoms with E-state index < -0.39 is 18.0 Å². The number of anilines is 1. The molecule has 0 amide bonds. The molecule has 234 valence electrons. The third-order valence-corrected chi connectivity index (χ3v) is 10.3. The minimum absolute atomic E-state index is 0. The molecule has 4 aromatic rings. The van der Waals surface area contributed by atoms with Crippen molar-refractivity contribution in [2.24, 2.45) is 0 Å². The van der Waals surface area contributed by atoms with Crippen molar-refractivity contribution in [1.29, 1.82) is 0 Å². The van der Waals surface area contributed by atoms with Crippen molar-refractivity contribution >= 4 is 34.7 Å². The second-order valence-electron chi connectivity index (χ2n) is 12.4. The Morgan fingerprint density at radius 2 is 1.16 bits per heavy atom. The summed E-state index contributed by atoms with van der Waals surface area (Å²) in [7, 11) is -0.205. The summed E-state index contributed by atoms with van der Waals surface area (Å²) in [4.78, 5) is 2.21. The fraction of sp³-hybridized carbons (Fsp3) is 0.314. The Balaban J connectivity index is 0.000000406. The molecule has 4 rings (SSSR count). The van der Waals surface area contributed by atoms with Crippen LogP contribution in [0.2, 0.25) is 0 Å². The largest absolute Gasteiger partial charge is 2.00 e. The van der Waals surface area contributed by atoms with Gasteiger partial charge in [-0.1, -0.05) is 60.7 Å². The maximum Gasteiger partial charge on any atom is 2.00 e. The van der Waals surface area contributed by atoms with E-state index in [1.165, 1.54) is 16.8 Å². The first-order valence-electron chi connectivity index (χ1n) is 13.9. The Bertz CT molecular complexity index is 1510. The number of hydrogen-bond acceptors (Lipinski definition) is 3. The molecule has 8 heteroatoms. The molecule has 0 bridgehead atoms. The van der Waals surface area contributed by atoms with E-state index in [9.17, 15) is 8.42 Å². The second-order valence-corrected chi connectivity index (χ2v) is 18.1. The molecule has 0 saturated carbocycles. The minimum Gasteiger partial charge on any atom is -0.706 e. The molecule has 0 atom stereocenters. The zero-order valence-electron chi connectivity index (χ0n) is 26.7. The molecule has 0 heterocycles. The number of para-hydroxylation sites is 1. The van der Waals surface area contributed by atoms with Gasteiger partial charge in [0.05, 0.1) is 16.6 Å². The summed E-state index contributed by atoms with van der Waals surface area (Å²) in [6.07, 6.45) is 0.715. The molecule has 4 aromatic carbocycles. The molecule has 0 aliphatic carbocycles. The van der Waals surface area contributed by atoms with Gasteiger partial charge in [-0.15, -0.1) is 41.5 Å². The number of rotatable bonds is 4. The first kappa shape index (κ1) is 38.5. The van der Waals surface area contributed by atoms with Gasteiger partial charge in [-0.25, -0.2) is 0 Å². The minimum atomic E-state index is -3.67. The van der Waals surface area contributed by atoms with E-state index in [0.717, 1.165) is 11.1 Å². The molecule has 0 unspecified atom stereocenters. The topological polar surface area (TPSA) is 81.4 Å². The van der Waals surface area contributed by atoms with Crippen LogP contribution in [0.4, 0.5) is 11.4 Å². The summed E-state index contributed by atoms with van der Waals surface area (Å²) in [5.41, 5.74) is 14.2. The molecule has 0 saturated heterocycles. The van der Waals surface area contributed by atoms with Gasteiger partial charge in [0.2, 0.25) is 0 Å². The van der Waals surface area contributed by atoms with Crippen molar-refractivity contribution in [3.63, 3.8) is 0 Å². The number of hydrogen-bond donors (Lipinski definition) is 1. The third-order valence-electron chi connectivity index (χ3n) is 6.30. The van der Waals surface area contributed by atoms with Crippen LogP contribution in [0.5, 0.6) is 0 Å². The zero-order chi connectivity index (χ0) is 31.7. The van der Waals surface area contributed by atoms with E-state index in [4.69, 9.17) is 10.3 Å². The fourth-order valence-corrected chi connectivity index (χ4v) is 9.86. The van der Waals surface area contributed by atoms with Crippen LogP contribution in [0.15, 0.2) is 97.1 Å². The van der Waals surface area contributed by atoms with Crippen LogP contribution in [-0.4, -0.2) is 43.6 Å². The van der Waals surface area contributed by atoms with E-state index in [1.54, 1.807) is 11.4 Å². The van der Waals surface area contributed by atoms with Gasteiger partial charge >= 0.3 is 20.4 Å². The molecular weight excluding hydrogens is 666 g/mol. The first-order valence-corrected chi connectivity index (χ1v) is 17.2. The second kappa shape index (κ2) is 16.5. The fourth-order valence-electron chi connectivity index (χ4n) is 5.24. The smallest absolute Gasteiger partial charge is 0.706 e. The van der Waals surface area contributed by atoms with Crippen LogP contribution in [0.1, 0.15) is 41.5 Å². The average molecular weight is 712 g/mol. The van der Waals surface area contributed by atoms with Crippen molar-refractivity contribution in [3.05, 3.63) is 109 Å². The number of nitrogens with one attached hydrogen (secondary N) is 1.